The standard InChI is InChI=1S/C40H42Cl3N11O4S/c1-22-23(2)59-40-37(22)38(26-5-7-27(41)8-6-26)48-32(39-51-50-25(4)54(39)40)19-35(55)44-12-14-57-15-16-58-21-36(56)45-20-28-17-34(47-24(3)46-28)49-33-11-13-53(52-33)29-9-10-30(42)31(43)18-29/h5-10,17-18,32H,11-16,19-21H2,1-4H3,(H,44,55)(H,45,56)(H,46,47,49,52)/t32-/m0/s1. The predicted octanol–water partition coefficient (Wildman–Crippen LogP) is 6.51. The molecule has 5 heterocycles. The third-order valence-electron chi connectivity index (χ3n) is 9.55. The Hall–Kier alpha value is -4.97. The van der Waals surface area contributed by atoms with Gasteiger partial charge in [0.15, 0.2) is 11.6 Å². The zero-order valence-electron chi connectivity index (χ0n) is 32.8. The number of hydrogen-bond acceptors (Lipinski definition) is 12. The minimum atomic E-state index is -0.570. The molecule has 0 bridgehead atoms. The smallest absolute Gasteiger partial charge is 0.246 e. The van der Waals surface area contributed by atoms with Gasteiger partial charge in [0.05, 0.1) is 59.9 Å². The molecule has 3 N–H and O–H groups in total. The molecule has 2 amide bonds. The van der Waals surface area contributed by atoms with E-state index in [1.807, 2.05) is 46.8 Å². The number of thiophene rings is 1. The molecule has 5 aromatic rings. The molecule has 2 aromatic carbocycles. The third kappa shape index (κ3) is 10.3. The summed E-state index contributed by atoms with van der Waals surface area (Å²) in [6, 6.07) is 14.1. The second-order valence-corrected chi connectivity index (χ2v) is 16.3. The number of ether oxygens (including phenoxy) is 2. The summed E-state index contributed by atoms with van der Waals surface area (Å²) in [7, 11) is 0. The number of hydrogen-bond donors (Lipinski definition) is 3. The maximum atomic E-state index is 13.2. The van der Waals surface area contributed by atoms with Gasteiger partial charge in [0.2, 0.25) is 11.8 Å². The quantitative estimate of drug-likeness (QED) is 0.0986. The third-order valence-corrected chi connectivity index (χ3v) is 11.7. The first-order valence-corrected chi connectivity index (χ1v) is 20.8. The van der Waals surface area contributed by atoms with E-state index < -0.39 is 6.04 Å². The van der Waals surface area contributed by atoms with Gasteiger partial charge in [-0.05, 0) is 63.6 Å². The van der Waals surface area contributed by atoms with Gasteiger partial charge in [-0.1, -0.05) is 46.9 Å². The largest absolute Gasteiger partial charge is 0.377 e. The fourth-order valence-corrected chi connectivity index (χ4v) is 8.21. The van der Waals surface area contributed by atoms with Crippen LogP contribution in [0.25, 0.3) is 5.00 Å². The average Bonchev–Trinajstić information content (AvgIpc) is 3.89. The molecule has 15 nitrogen and oxygen atoms in total. The first-order chi connectivity index (χ1) is 28.4. The van der Waals surface area contributed by atoms with E-state index >= 15 is 0 Å². The molecule has 3 aromatic heterocycles. The fourth-order valence-electron chi connectivity index (χ4n) is 6.58. The van der Waals surface area contributed by atoms with E-state index in [1.54, 1.807) is 36.5 Å². The van der Waals surface area contributed by atoms with E-state index in [-0.39, 0.29) is 57.8 Å². The van der Waals surface area contributed by atoms with Crippen LogP contribution in [0, 0.1) is 27.7 Å². The van der Waals surface area contributed by atoms with Crippen LogP contribution < -0.4 is 21.1 Å². The van der Waals surface area contributed by atoms with E-state index in [9.17, 15) is 9.59 Å². The molecule has 19 heteroatoms. The maximum Gasteiger partial charge on any atom is 0.246 e. The lowest BCUT2D eigenvalue weighted by atomic mass is 9.99. The van der Waals surface area contributed by atoms with E-state index in [0.717, 1.165) is 44.8 Å². The van der Waals surface area contributed by atoms with Gasteiger partial charge < -0.3 is 20.1 Å². The van der Waals surface area contributed by atoms with Crippen molar-refractivity contribution in [3.05, 3.63) is 108 Å². The van der Waals surface area contributed by atoms with Crippen LogP contribution in [0.4, 0.5) is 11.5 Å². The summed E-state index contributed by atoms with van der Waals surface area (Å²) in [4.78, 5) is 45.5. The Labute approximate surface area is 360 Å². The summed E-state index contributed by atoms with van der Waals surface area (Å²) in [6.07, 6.45) is 0.748. The van der Waals surface area contributed by atoms with Crippen LogP contribution in [0.5, 0.6) is 0 Å². The minimum absolute atomic E-state index is 0.0711. The first kappa shape index (κ1) is 42.2. The fraction of sp³-hybridized carbons (Fsp3) is 0.350. The number of anilines is 1. The SMILES string of the molecule is Cc1nc(CNC(=O)COCCOCCNC(=O)C[C@@H]2N=C(c3ccc(Cl)cc3)c3c(sc(C)c3C)-n3c(C)nnc32)cc(N=C2CCN(c3ccc(Cl)c(Cl)c3)N2)n1. The van der Waals surface area contributed by atoms with Crippen molar-refractivity contribution in [2.75, 3.05) is 44.5 Å². The number of amides is 2. The number of carbonyl (C=O) groups excluding carboxylic acids is 2. The van der Waals surface area contributed by atoms with Gasteiger partial charge in [-0.15, -0.1) is 21.5 Å². The molecule has 0 unspecified atom stereocenters. The number of fused-ring (bicyclic) bond motifs is 3. The lowest BCUT2D eigenvalue weighted by Crippen LogP contribution is -2.33. The Bertz CT molecular complexity index is 2420. The minimum Gasteiger partial charge on any atom is -0.377 e. The van der Waals surface area contributed by atoms with Crippen LogP contribution in [-0.4, -0.2) is 87.6 Å². The summed E-state index contributed by atoms with van der Waals surface area (Å²) in [6.45, 7) is 9.57. The van der Waals surface area contributed by atoms with Crippen molar-refractivity contribution in [1.82, 2.24) is 40.8 Å². The molecular formula is C40H42Cl3N11O4S. The van der Waals surface area contributed by atoms with Crippen molar-refractivity contribution in [1.29, 1.82) is 0 Å². The number of benzene rings is 2. The number of rotatable bonds is 15. The van der Waals surface area contributed by atoms with Crippen molar-refractivity contribution in [2.45, 2.75) is 53.1 Å². The van der Waals surface area contributed by atoms with Crippen molar-refractivity contribution in [3.8, 4) is 5.00 Å². The van der Waals surface area contributed by atoms with Gasteiger partial charge in [-0.2, -0.15) is 0 Å². The van der Waals surface area contributed by atoms with Gasteiger partial charge in [0, 0.05) is 46.6 Å². The lowest BCUT2D eigenvalue weighted by Gasteiger charge is -2.18. The number of aromatic nitrogens is 5. The first-order valence-electron chi connectivity index (χ1n) is 18.9. The molecule has 1 saturated heterocycles. The molecule has 59 heavy (non-hydrogen) atoms. The van der Waals surface area contributed by atoms with E-state index in [4.69, 9.17) is 49.3 Å². The molecule has 308 valence electrons. The zero-order chi connectivity index (χ0) is 41.6. The molecule has 1 atom stereocenters. The lowest BCUT2D eigenvalue weighted by molar-refractivity contribution is -0.126. The Morgan fingerprint density at radius 1 is 0.932 bits per heavy atom. The van der Waals surface area contributed by atoms with Crippen LogP contribution in [0.3, 0.4) is 0 Å². The highest BCUT2D eigenvalue weighted by Crippen LogP contribution is 2.39. The van der Waals surface area contributed by atoms with Gasteiger partial charge in [0.1, 0.15) is 35.1 Å². The Morgan fingerprint density at radius 3 is 2.53 bits per heavy atom. The Morgan fingerprint density at radius 2 is 1.73 bits per heavy atom. The van der Waals surface area contributed by atoms with Crippen molar-refractivity contribution >= 4 is 81.0 Å². The number of nitrogens with zero attached hydrogens (tertiary/aromatic N) is 8. The highest BCUT2D eigenvalue weighted by atomic mass is 35.5. The zero-order valence-corrected chi connectivity index (χ0v) is 35.9. The van der Waals surface area contributed by atoms with Gasteiger partial charge >= 0.3 is 0 Å². The Kier molecular flexibility index (Phi) is 13.5. The van der Waals surface area contributed by atoms with Crippen LogP contribution >= 0.6 is 46.1 Å². The number of aryl methyl sites for hydroxylation is 3. The number of halogens is 3. The molecule has 2 aliphatic rings. The number of carbonyl (C=O) groups is 2. The molecular weight excluding hydrogens is 837 g/mol. The number of amidine groups is 1. The highest BCUT2D eigenvalue weighted by molar-refractivity contribution is 7.15. The summed E-state index contributed by atoms with van der Waals surface area (Å²) in [5.41, 5.74) is 8.57. The van der Waals surface area contributed by atoms with Crippen LogP contribution in [0.2, 0.25) is 15.1 Å². The van der Waals surface area contributed by atoms with Crippen molar-refractivity contribution in [3.63, 3.8) is 0 Å². The second kappa shape index (κ2) is 19.0. The highest BCUT2D eigenvalue weighted by Gasteiger charge is 2.32. The van der Waals surface area contributed by atoms with E-state index in [2.05, 4.69) is 55.1 Å². The van der Waals surface area contributed by atoms with Gasteiger partial charge in [-0.3, -0.25) is 29.6 Å². The molecule has 1 fully saturated rings. The summed E-state index contributed by atoms with van der Waals surface area (Å²) < 4.78 is 13.2. The van der Waals surface area contributed by atoms with Gasteiger partial charge in [-0.25, -0.2) is 15.0 Å². The molecule has 0 radical (unpaired) electrons. The second-order valence-electron chi connectivity index (χ2n) is 13.8. The summed E-state index contributed by atoms with van der Waals surface area (Å²) in [5, 5.41) is 19.1. The van der Waals surface area contributed by atoms with Gasteiger partial charge in [0.25, 0.3) is 0 Å². The summed E-state index contributed by atoms with van der Waals surface area (Å²) >= 11 is 20.1. The van der Waals surface area contributed by atoms with E-state index in [0.29, 0.717) is 51.2 Å². The monoisotopic (exact) mass is 877 g/mol. The van der Waals surface area contributed by atoms with Crippen molar-refractivity contribution in [2.24, 2.45) is 9.98 Å². The molecule has 0 aliphatic carbocycles. The van der Waals surface area contributed by atoms with Crippen LogP contribution in [0.1, 0.15) is 63.6 Å². The topological polar surface area (TPSA) is 173 Å². The van der Waals surface area contributed by atoms with Crippen molar-refractivity contribution < 1.29 is 19.1 Å². The average molecular weight is 879 g/mol. The number of aliphatic imine (C=N–C) groups is 2. The molecule has 2 aliphatic heterocycles. The number of hydrazine groups is 1. The van der Waals surface area contributed by atoms with Crippen LogP contribution in [0.15, 0.2) is 58.5 Å². The van der Waals surface area contributed by atoms with Crippen LogP contribution in [-0.2, 0) is 25.6 Å². The molecule has 7 rings (SSSR count). The molecule has 0 saturated carbocycles. The normalized spacial score (nSPS) is 15.4. The summed E-state index contributed by atoms with van der Waals surface area (Å²) in [5.74, 6) is 2.58. The maximum absolute atomic E-state index is 13.2. The number of nitrogens with one attached hydrogen (secondary N) is 3. The molecule has 0 spiro atoms. The predicted molar refractivity (Wildman–Crippen MR) is 230 cm³/mol. The Balaban J connectivity index is 0.830. The van der Waals surface area contributed by atoms with E-state index in [1.165, 1.54) is 4.88 Å².